The van der Waals surface area contributed by atoms with Gasteiger partial charge in [-0.25, -0.2) is 0 Å². The molecule has 0 aromatic heterocycles. The molecule has 0 saturated carbocycles. The van der Waals surface area contributed by atoms with Crippen molar-refractivity contribution in [3.63, 3.8) is 0 Å². The molecule has 1 rings (SSSR count). The van der Waals surface area contributed by atoms with Crippen LogP contribution in [0, 0.1) is 0 Å². The third-order valence-corrected chi connectivity index (χ3v) is 5.44. The molecule has 0 amide bonds. The van der Waals surface area contributed by atoms with Gasteiger partial charge in [0.25, 0.3) is 0 Å². The van der Waals surface area contributed by atoms with Crippen molar-refractivity contribution in [3.05, 3.63) is 54.1 Å². The fourth-order valence-electron chi connectivity index (χ4n) is 3.47. The minimum Gasteiger partial charge on any atom is -0.493 e. The SMILES string of the molecule is COc1ccc(/C=C/COC(=O)CCCCCCC/C=C\C/C=C\CCCCCO)cc1OC. The third-order valence-electron chi connectivity index (χ3n) is 5.44. The summed E-state index contributed by atoms with van der Waals surface area (Å²) in [6, 6.07) is 5.66. The number of aliphatic hydroxyl groups is 1. The first-order valence-electron chi connectivity index (χ1n) is 12.7. The maximum absolute atomic E-state index is 11.9. The van der Waals surface area contributed by atoms with Gasteiger partial charge in [0.2, 0.25) is 0 Å². The van der Waals surface area contributed by atoms with Crippen molar-refractivity contribution >= 4 is 12.0 Å². The van der Waals surface area contributed by atoms with E-state index >= 15 is 0 Å². The van der Waals surface area contributed by atoms with E-state index in [1.807, 2.05) is 30.4 Å². The Hall–Kier alpha value is -2.53. The summed E-state index contributed by atoms with van der Waals surface area (Å²) in [5.74, 6) is 1.22. The molecule has 5 heteroatoms. The quantitative estimate of drug-likeness (QED) is 0.125. The van der Waals surface area contributed by atoms with Gasteiger partial charge in [-0.2, -0.15) is 0 Å². The lowest BCUT2D eigenvalue weighted by atomic mass is 10.1. The Morgan fingerprint density at radius 2 is 1.44 bits per heavy atom. The van der Waals surface area contributed by atoms with E-state index in [-0.39, 0.29) is 12.6 Å². The first-order valence-corrected chi connectivity index (χ1v) is 12.7. The monoisotopic (exact) mass is 472 g/mol. The topological polar surface area (TPSA) is 65.0 Å². The number of unbranched alkanes of at least 4 members (excludes halogenated alkanes) is 8. The number of carbonyl (C=O) groups excluding carboxylic acids is 1. The van der Waals surface area contributed by atoms with Crippen LogP contribution in [0.2, 0.25) is 0 Å². The molecule has 0 saturated heterocycles. The van der Waals surface area contributed by atoms with E-state index < -0.39 is 0 Å². The molecule has 190 valence electrons. The minimum atomic E-state index is -0.138. The van der Waals surface area contributed by atoms with Gasteiger partial charge in [0.1, 0.15) is 6.61 Å². The number of carbonyl (C=O) groups is 1. The zero-order valence-corrected chi connectivity index (χ0v) is 21.2. The highest BCUT2D eigenvalue weighted by Gasteiger charge is 2.03. The lowest BCUT2D eigenvalue weighted by molar-refractivity contribution is -0.142. The molecule has 34 heavy (non-hydrogen) atoms. The predicted octanol–water partition coefficient (Wildman–Crippen LogP) is 7.05. The van der Waals surface area contributed by atoms with E-state index in [0.29, 0.717) is 24.5 Å². The largest absolute Gasteiger partial charge is 0.493 e. The van der Waals surface area contributed by atoms with Crippen LogP contribution < -0.4 is 9.47 Å². The summed E-state index contributed by atoms with van der Waals surface area (Å²) >= 11 is 0. The Kier molecular flexibility index (Phi) is 18.3. The molecule has 0 unspecified atom stereocenters. The van der Waals surface area contributed by atoms with Gasteiger partial charge in [-0.05, 0) is 68.7 Å². The van der Waals surface area contributed by atoms with Crippen LogP contribution in [-0.4, -0.2) is 38.5 Å². The lowest BCUT2D eigenvalue weighted by Gasteiger charge is -2.07. The van der Waals surface area contributed by atoms with Crippen LogP contribution in [0.5, 0.6) is 11.5 Å². The van der Waals surface area contributed by atoms with Gasteiger partial charge in [-0.1, -0.05) is 62.1 Å². The molecule has 0 spiro atoms. The van der Waals surface area contributed by atoms with Crippen molar-refractivity contribution < 1.29 is 24.1 Å². The Bertz CT molecular complexity index is 736. The Morgan fingerprint density at radius 1 is 0.794 bits per heavy atom. The summed E-state index contributed by atoms with van der Waals surface area (Å²) in [5.41, 5.74) is 0.963. The van der Waals surface area contributed by atoms with Crippen molar-refractivity contribution in [1.82, 2.24) is 0 Å². The standard InChI is InChI=1S/C29H44O5/c1-32-27-22-21-26(25-28(27)33-2)19-18-24-34-29(31)20-16-14-12-10-8-6-4-3-5-7-9-11-13-15-17-23-30/h3-4,7,9,18-19,21-22,25,30H,5-6,8,10-17,20,23-24H2,1-2H3/b4-3-,9-7-,19-18+. The number of hydrogen-bond acceptors (Lipinski definition) is 5. The van der Waals surface area contributed by atoms with Gasteiger partial charge in [0.05, 0.1) is 14.2 Å². The molecule has 0 atom stereocenters. The van der Waals surface area contributed by atoms with Gasteiger partial charge in [0, 0.05) is 13.0 Å². The van der Waals surface area contributed by atoms with E-state index in [9.17, 15) is 4.79 Å². The van der Waals surface area contributed by atoms with Crippen LogP contribution in [0.3, 0.4) is 0 Å². The molecule has 0 aliphatic rings. The predicted molar refractivity (Wildman–Crippen MR) is 140 cm³/mol. The fraction of sp³-hybridized carbons (Fsp3) is 0.552. The van der Waals surface area contributed by atoms with Crippen LogP contribution in [0.4, 0.5) is 0 Å². The molecule has 5 nitrogen and oxygen atoms in total. The minimum absolute atomic E-state index is 0.138. The molecule has 0 fully saturated rings. The Morgan fingerprint density at radius 3 is 2.12 bits per heavy atom. The van der Waals surface area contributed by atoms with Crippen molar-refractivity contribution in [1.29, 1.82) is 0 Å². The second-order valence-corrected chi connectivity index (χ2v) is 8.26. The molecule has 0 bridgehead atoms. The van der Waals surface area contributed by atoms with Gasteiger partial charge in [-0.15, -0.1) is 0 Å². The highest BCUT2D eigenvalue weighted by molar-refractivity contribution is 5.69. The van der Waals surface area contributed by atoms with Crippen molar-refractivity contribution in [2.45, 2.75) is 77.0 Å². The second-order valence-electron chi connectivity index (χ2n) is 8.26. The van der Waals surface area contributed by atoms with E-state index in [4.69, 9.17) is 19.3 Å². The maximum atomic E-state index is 11.9. The summed E-state index contributed by atoms with van der Waals surface area (Å²) in [6.45, 7) is 0.582. The normalized spacial score (nSPS) is 11.6. The molecular weight excluding hydrogens is 428 g/mol. The van der Waals surface area contributed by atoms with Crippen LogP contribution in [0.1, 0.15) is 82.6 Å². The van der Waals surface area contributed by atoms with E-state index in [0.717, 1.165) is 63.4 Å². The number of allylic oxidation sites excluding steroid dienone is 4. The Labute approximate surface area is 206 Å². The zero-order valence-electron chi connectivity index (χ0n) is 21.2. The molecule has 0 aliphatic heterocycles. The maximum Gasteiger partial charge on any atom is 0.306 e. The number of aliphatic hydroxyl groups excluding tert-OH is 1. The first kappa shape index (κ1) is 29.5. The summed E-state index contributed by atoms with van der Waals surface area (Å²) < 4.78 is 15.8. The average Bonchev–Trinajstić information content (AvgIpc) is 2.86. The highest BCUT2D eigenvalue weighted by Crippen LogP contribution is 2.27. The summed E-state index contributed by atoms with van der Waals surface area (Å²) in [5, 5.41) is 8.73. The van der Waals surface area contributed by atoms with Gasteiger partial charge in [0.15, 0.2) is 11.5 Å². The van der Waals surface area contributed by atoms with E-state index in [1.54, 1.807) is 14.2 Å². The molecule has 1 aromatic rings. The number of hydrogen-bond donors (Lipinski definition) is 1. The summed E-state index contributed by atoms with van der Waals surface area (Å²) in [7, 11) is 3.21. The number of ether oxygens (including phenoxy) is 3. The van der Waals surface area contributed by atoms with Gasteiger partial charge < -0.3 is 19.3 Å². The number of benzene rings is 1. The number of rotatable bonds is 20. The molecule has 0 heterocycles. The average molecular weight is 473 g/mol. The third kappa shape index (κ3) is 15.3. The van der Waals surface area contributed by atoms with Crippen molar-refractivity contribution in [2.75, 3.05) is 27.4 Å². The Balaban J connectivity index is 1.98. The fourth-order valence-corrected chi connectivity index (χ4v) is 3.47. The number of methoxy groups -OCH3 is 2. The van der Waals surface area contributed by atoms with Gasteiger partial charge in [-0.3, -0.25) is 4.79 Å². The lowest BCUT2D eigenvalue weighted by Crippen LogP contribution is -2.03. The summed E-state index contributed by atoms with van der Waals surface area (Å²) in [6.07, 6.45) is 25.1. The molecule has 0 radical (unpaired) electrons. The van der Waals surface area contributed by atoms with Crippen molar-refractivity contribution in [2.24, 2.45) is 0 Å². The molecular formula is C29H44O5. The highest BCUT2D eigenvalue weighted by atomic mass is 16.5. The summed E-state index contributed by atoms with van der Waals surface area (Å²) in [4.78, 5) is 11.9. The number of esters is 1. The van der Waals surface area contributed by atoms with E-state index in [1.165, 1.54) is 12.8 Å². The van der Waals surface area contributed by atoms with Crippen LogP contribution in [-0.2, 0) is 9.53 Å². The molecule has 1 aromatic carbocycles. The smallest absolute Gasteiger partial charge is 0.306 e. The molecule has 1 N–H and O–H groups in total. The van der Waals surface area contributed by atoms with Crippen LogP contribution in [0.15, 0.2) is 48.6 Å². The van der Waals surface area contributed by atoms with Gasteiger partial charge >= 0.3 is 5.97 Å². The van der Waals surface area contributed by atoms with Crippen LogP contribution in [0.25, 0.3) is 6.08 Å². The van der Waals surface area contributed by atoms with Crippen LogP contribution >= 0.6 is 0 Å². The second kappa shape index (κ2) is 21.0. The first-order chi connectivity index (χ1) is 16.7. The molecule has 0 aliphatic carbocycles. The zero-order chi connectivity index (χ0) is 24.7. The van der Waals surface area contributed by atoms with Crippen molar-refractivity contribution in [3.8, 4) is 11.5 Å². The van der Waals surface area contributed by atoms with E-state index in [2.05, 4.69) is 24.3 Å².